The summed E-state index contributed by atoms with van der Waals surface area (Å²) in [6, 6.07) is 7.50. The van der Waals surface area contributed by atoms with Crippen LogP contribution in [0.5, 0.6) is 5.75 Å². The Hall–Kier alpha value is -2.30. The summed E-state index contributed by atoms with van der Waals surface area (Å²) >= 11 is 0. The van der Waals surface area contributed by atoms with Crippen molar-refractivity contribution in [1.29, 1.82) is 0 Å². The van der Waals surface area contributed by atoms with E-state index in [9.17, 15) is 9.59 Å². The number of piperidine rings is 1. The molecule has 1 atom stereocenters. The molecule has 0 unspecified atom stereocenters. The second-order valence-corrected chi connectivity index (χ2v) is 5.27. The van der Waals surface area contributed by atoms with Crippen LogP contribution < -0.4 is 4.74 Å². The van der Waals surface area contributed by atoms with Crippen molar-refractivity contribution in [3.63, 3.8) is 0 Å². The molecule has 0 aliphatic carbocycles. The number of aliphatic carboxylic acids is 1. The number of amides is 1. The Morgan fingerprint density at radius 1 is 1.41 bits per heavy atom. The van der Waals surface area contributed by atoms with Crippen LogP contribution in [-0.4, -0.2) is 41.6 Å². The van der Waals surface area contributed by atoms with E-state index in [1.54, 1.807) is 11.0 Å². The van der Waals surface area contributed by atoms with Gasteiger partial charge in [-0.2, -0.15) is 0 Å². The van der Waals surface area contributed by atoms with Crippen LogP contribution in [0.25, 0.3) is 6.08 Å². The van der Waals surface area contributed by atoms with Crippen LogP contribution in [0.4, 0.5) is 0 Å². The summed E-state index contributed by atoms with van der Waals surface area (Å²) in [5.74, 6) is -0.710. The van der Waals surface area contributed by atoms with E-state index in [2.05, 4.69) is 0 Å². The lowest BCUT2D eigenvalue weighted by molar-refractivity contribution is -0.144. The molecule has 5 heteroatoms. The molecule has 1 aromatic carbocycles. The van der Waals surface area contributed by atoms with Crippen LogP contribution in [0.15, 0.2) is 30.3 Å². The fourth-order valence-electron chi connectivity index (χ4n) is 2.55. The maximum atomic E-state index is 12.2. The van der Waals surface area contributed by atoms with Gasteiger partial charge in [-0.05, 0) is 31.9 Å². The minimum Gasteiger partial charge on any atom is -0.493 e. The highest BCUT2D eigenvalue weighted by Crippen LogP contribution is 2.20. The molecule has 22 heavy (non-hydrogen) atoms. The van der Waals surface area contributed by atoms with Crippen molar-refractivity contribution in [2.24, 2.45) is 5.92 Å². The van der Waals surface area contributed by atoms with E-state index in [1.165, 1.54) is 6.08 Å². The number of nitrogens with zero attached hydrogens (tertiary/aromatic N) is 1. The quantitative estimate of drug-likeness (QED) is 0.848. The number of para-hydroxylation sites is 1. The highest BCUT2D eigenvalue weighted by atomic mass is 16.5. The third-order valence-electron chi connectivity index (χ3n) is 3.71. The second kappa shape index (κ2) is 7.64. The Kier molecular flexibility index (Phi) is 5.58. The van der Waals surface area contributed by atoms with Crippen LogP contribution in [0.2, 0.25) is 0 Å². The molecule has 0 spiro atoms. The molecule has 1 amide bonds. The van der Waals surface area contributed by atoms with Gasteiger partial charge in [0.1, 0.15) is 5.75 Å². The Labute approximate surface area is 130 Å². The molecule has 1 aliphatic rings. The van der Waals surface area contributed by atoms with E-state index in [1.807, 2.05) is 31.2 Å². The summed E-state index contributed by atoms with van der Waals surface area (Å²) in [6.45, 7) is 3.36. The maximum Gasteiger partial charge on any atom is 0.308 e. The number of ether oxygens (including phenoxy) is 1. The third kappa shape index (κ3) is 4.10. The standard InChI is InChI=1S/C17H21NO4/c1-2-22-15-8-4-3-6-13(15)9-10-16(19)18-11-5-7-14(12-18)17(20)21/h3-4,6,8-10,14H,2,5,7,11-12H2,1H3,(H,20,21)/b10-9+/t14-/m0/s1. The zero-order valence-electron chi connectivity index (χ0n) is 12.7. The van der Waals surface area contributed by atoms with Crippen molar-refractivity contribution < 1.29 is 19.4 Å². The first-order chi connectivity index (χ1) is 10.6. The average molecular weight is 303 g/mol. The van der Waals surface area contributed by atoms with Gasteiger partial charge in [-0.3, -0.25) is 9.59 Å². The van der Waals surface area contributed by atoms with E-state index < -0.39 is 11.9 Å². The summed E-state index contributed by atoms with van der Waals surface area (Å²) < 4.78 is 5.51. The van der Waals surface area contributed by atoms with Crippen LogP contribution in [0.1, 0.15) is 25.3 Å². The maximum absolute atomic E-state index is 12.2. The van der Waals surface area contributed by atoms with Gasteiger partial charge in [0.05, 0.1) is 12.5 Å². The zero-order valence-corrected chi connectivity index (χ0v) is 12.7. The third-order valence-corrected chi connectivity index (χ3v) is 3.71. The van der Waals surface area contributed by atoms with Gasteiger partial charge in [-0.25, -0.2) is 0 Å². The highest BCUT2D eigenvalue weighted by molar-refractivity contribution is 5.92. The molecule has 5 nitrogen and oxygen atoms in total. The molecule has 1 saturated heterocycles. The average Bonchev–Trinajstić information content (AvgIpc) is 2.54. The largest absolute Gasteiger partial charge is 0.493 e. The molecule has 0 radical (unpaired) electrons. The molecule has 118 valence electrons. The molecule has 0 aromatic heterocycles. The lowest BCUT2D eigenvalue weighted by atomic mass is 9.98. The van der Waals surface area contributed by atoms with E-state index in [0.717, 1.165) is 17.7 Å². The Morgan fingerprint density at radius 2 is 2.18 bits per heavy atom. The van der Waals surface area contributed by atoms with E-state index in [0.29, 0.717) is 19.6 Å². The summed E-state index contributed by atoms with van der Waals surface area (Å²) in [4.78, 5) is 24.9. The van der Waals surface area contributed by atoms with Crippen LogP contribution in [-0.2, 0) is 9.59 Å². The predicted octanol–water partition coefficient (Wildman–Crippen LogP) is 2.42. The number of carboxylic acids is 1. The first-order valence-electron chi connectivity index (χ1n) is 7.53. The van der Waals surface area contributed by atoms with E-state index >= 15 is 0 Å². The zero-order chi connectivity index (χ0) is 15.9. The number of carbonyl (C=O) groups excluding carboxylic acids is 1. The van der Waals surface area contributed by atoms with Crippen LogP contribution in [0, 0.1) is 5.92 Å². The monoisotopic (exact) mass is 303 g/mol. The SMILES string of the molecule is CCOc1ccccc1/C=C/C(=O)N1CCC[C@H](C(=O)O)C1. The topological polar surface area (TPSA) is 66.8 Å². The second-order valence-electron chi connectivity index (χ2n) is 5.27. The van der Waals surface area contributed by atoms with E-state index in [4.69, 9.17) is 9.84 Å². The fraction of sp³-hybridized carbons (Fsp3) is 0.412. The van der Waals surface area contributed by atoms with Crippen molar-refractivity contribution in [2.75, 3.05) is 19.7 Å². The van der Waals surface area contributed by atoms with Gasteiger partial charge in [-0.1, -0.05) is 18.2 Å². The van der Waals surface area contributed by atoms with Crippen molar-refractivity contribution in [1.82, 2.24) is 4.90 Å². The molecule has 0 bridgehead atoms. The first-order valence-corrected chi connectivity index (χ1v) is 7.53. The number of benzene rings is 1. The number of hydrogen-bond acceptors (Lipinski definition) is 3. The van der Waals surface area contributed by atoms with Crippen molar-refractivity contribution >= 4 is 18.0 Å². The summed E-state index contributed by atoms with van der Waals surface area (Å²) in [7, 11) is 0. The van der Waals surface area contributed by atoms with Crippen LogP contribution >= 0.6 is 0 Å². The molecule has 1 heterocycles. The summed E-state index contributed by atoms with van der Waals surface area (Å²) in [5, 5.41) is 9.07. The number of hydrogen-bond donors (Lipinski definition) is 1. The van der Waals surface area contributed by atoms with Crippen molar-refractivity contribution in [3.05, 3.63) is 35.9 Å². The number of likely N-dealkylation sites (tertiary alicyclic amines) is 1. The summed E-state index contributed by atoms with van der Waals surface area (Å²) in [5.41, 5.74) is 0.837. The molecule has 1 fully saturated rings. The van der Waals surface area contributed by atoms with Gasteiger partial charge in [-0.15, -0.1) is 0 Å². The van der Waals surface area contributed by atoms with Crippen LogP contribution in [0.3, 0.4) is 0 Å². The van der Waals surface area contributed by atoms with Crippen molar-refractivity contribution in [2.45, 2.75) is 19.8 Å². The summed E-state index contributed by atoms with van der Waals surface area (Å²) in [6.07, 6.45) is 4.57. The lowest BCUT2D eigenvalue weighted by Crippen LogP contribution is -2.41. The molecule has 2 rings (SSSR count). The van der Waals surface area contributed by atoms with Gasteiger partial charge in [0, 0.05) is 24.7 Å². The Bertz CT molecular complexity index is 568. The van der Waals surface area contributed by atoms with E-state index in [-0.39, 0.29) is 12.5 Å². The Balaban J connectivity index is 2.03. The number of carboxylic acid groups (broad SMARTS) is 1. The van der Waals surface area contributed by atoms with Gasteiger partial charge < -0.3 is 14.7 Å². The molecular formula is C17H21NO4. The smallest absolute Gasteiger partial charge is 0.308 e. The fourth-order valence-corrected chi connectivity index (χ4v) is 2.55. The molecule has 1 N–H and O–H groups in total. The number of carbonyl (C=O) groups is 2. The Morgan fingerprint density at radius 3 is 2.91 bits per heavy atom. The van der Waals surface area contributed by atoms with Gasteiger partial charge in [0.2, 0.25) is 5.91 Å². The minimum atomic E-state index is -0.830. The van der Waals surface area contributed by atoms with Gasteiger partial charge >= 0.3 is 5.97 Å². The van der Waals surface area contributed by atoms with Crippen molar-refractivity contribution in [3.8, 4) is 5.75 Å². The molecular weight excluding hydrogens is 282 g/mol. The normalized spacial score (nSPS) is 18.4. The molecule has 1 aromatic rings. The first kappa shape index (κ1) is 16.1. The molecule has 1 aliphatic heterocycles. The minimum absolute atomic E-state index is 0.155. The number of rotatable bonds is 5. The van der Waals surface area contributed by atoms with Gasteiger partial charge in [0.15, 0.2) is 0 Å². The molecule has 0 saturated carbocycles. The highest BCUT2D eigenvalue weighted by Gasteiger charge is 2.27. The van der Waals surface area contributed by atoms with Gasteiger partial charge in [0.25, 0.3) is 0 Å². The predicted molar refractivity (Wildman–Crippen MR) is 83.6 cm³/mol. The lowest BCUT2D eigenvalue weighted by Gasteiger charge is -2.29.